The number of hydrogen-bond donors (Lipinski definition) is 2. The lowest BCUT2D eigenvalue weighted by atomic mass is 9.91. The Hall–Kier alpha value is -1.36. The molecule has 0 radical (unpaired) electrons. The van der Waals surface area contributed by atoms with Gasteiger partial charge in [-0.25, -0.2) is 4.98 Å². The molecule has 18 heavy (non-hydrogen) atoms. The fourth-order valence-electron chi connectivity index (χ4n) is 2.52. The van der Waals surface area contributed by atoms with E-state index in [2.05, 4.69) is 22.5 Å². The summed E-state index contributed by atoms with van der Waals surface area (Å²) in [5, 5.41) is 6.53. The van der Waals surface area contributed by atoms with Crippen LogP contribution in [0.5, 0.6) is 0 Å². The van der Waals surface area contributed by atoms with Crippen molar-refractivity contribution in [3.63, 3.8) is 0 Å². The zero-order valence-corrected chi connectivity index (χ0v) is 11.1. The standard InChI is InChI=1S/C13H22N4O/c1-3-14-10-4-6-11(7-5-10)16-13(18)12-8-17(2)9-15-12/h8-11,14H,3-7H2,1-2H3,(H,16,18). The van der Waals surface area contributed by atoms with Gasteiger partial charge >= 0.3 is 0 Å². The molecule has 1 heterocycles. The molecule has 1 aromatic heterocycles. The van der Waals surface area contributed by atoms with Crippen molar-refractivity contribution in [2.75, 3.05) is 6.54 Å². The van der Waals surface area contributed by atoms with E-state index >= 15 is 0 Å². The molecule has 0 atom stereocenters. The Morgan fingerprint density at radius 2 is 2.06 bits per heavy atom. The molecule has 100 valence electrons. The molecule has 1 aliphatic carbocycles. The van der Waals surface area contributed by atoms with Crippen LogP contribution < -0.4 is 10.6 Å². The number of nitrogens with one attached hydrogen (secondary N) is 2. The molecule has 0 unspecified atom stereocenters. The van der Waals surface area contributed by atoms with E-state index in [0.717, 1.165) is 32.2 Å². The Balaban J connectivity index is 1.79. The molecule has 0 spiro atoms. The van der Waals surface area contributed by atoms with Gasteiger partial charge < -0.3 is 15.2 Å². The number of amides is 1. The summed E-state index contributed by atoms with van der Waals surface area (Å²) in [4.78, 5) is 16.0. The number of aromatic nitrogens is 2. The molecule has 0 aromatic carbocycles. The maximum atomic E-state index is 11.9. The summed E-state index contributed by atoms with van der Waals surface area (Å²) in [6, 6.07) is 0.924. The summed E-state index contributed by atoms with van der Waals surface area (Å²) in [5.74, 6) is -0.0532. The van der Waals surface area contributed by atoms with E-state index in [-0.39, 0.29) is 5.91 Å². The summed E-state index contributed by atoms with van der Waals surface area (Å²) in [6.45, 7) is 3.16. The normalized spacial score (nSPS) is 23.9. The van der Waals surface area contributed by atoms with Crippen molar-refractivity contribution in [1.82, 2.24) is 20.2 Å². The van der Waals surface area contributed by atoms with E-state index in [0.29, 0.717) is 17.8 Å². The van der Waals surface area contributed by atoms with Gasteiger partial charge in [0.25, 0.3) is 5.91 Å². The van der Waals surface area contributed by atoms with E-state index in [1.807, 2.05) is 7.05 Å². The second-order valence-corrected chi connectivity index (χ2v) is 5.00. The molecule has 1 aromatic rings. The summed E-state index contributed by atoms with van der Waals surface area (Å²) < 4.78 is 1.79. The van der Waals surface area contributed by atoms with Gasteiger partial charge in [0.15, 0.2) is 0 Å². The number of hydrogen-bond acceptors (Lipinski definition) is 3. The zero-order chi connectivity index (χ0) is 13.0. The van der Waals surface area contributed by atoms with Gasteiger partial charge in [0.05, 0.1) is 6.33 Å². The van der Waals surface area contributed by atoms with Crippen molar-refractivity contribution in [1.29, 1.82) is 0 Å². The third-order valence-electron chi connectivity index (χ3n) is 3.49. The average Bonchev–Trinajstić information content (AvgIpc) is 2.79. The molecule has 1 saturated carbocycles. The van der Waals surface area contributed by atoms with Crippen LogP contribution in [0.1, 0.15) is 43.1 Å². The van der Waals surface area contributed by atoms with Crippen LogP contribution in [-0.2, 0) is 7.05 Å². The van der Waals surface area contributed by atoms with E-state index in [1.165, 1.54) is 0 Å². The van der Waals surface area contributed by atoms with E-state index in [9.17, 15) is 4.79 Å². The minimum atomic E-state index is -0.0532. The molecule has 0 aliphatic heterocycles. The third kappa shape index (κ3) is 3.32. The van der Waals surface area contributed by atoms with Gasteiger partial charge in [-0.2, -0.15) is 0 Å². The van der Waals surface area contributed by atoms with Gasteiger partial charge in [0.1, 0.15) is 5.69 Å². The predicted molar refractivity (Wildman–Crippen MR) is 70.4 cm³/mol. The van der Waals surface area contributed by atoms with Gasteiger partial charge in [0, 0.05) is 25.3 Å². The summed E-state index contributed by atoms with van der Waals surface area (Å²) in [7, 11) is 1.87. The maximum Gasteiger partial charge on any atom is 0.271 e. The topological polar surface area (TPSA) is 58.9 Å². The molecule has 1 aliphatic rings. The van der Waals surface area contributed by atoms with Crippen molar-refractivity contribution in [2.45, 2.75) is 44.7 Å². The fraction of sp³-hybridized carbons (Fsp3) is 0.692. The Morgan fingerprint density at radius 1 is 1.39 bits per heavy atom. The number of aryl methyl sites for hydroxylation is 1. The quantitative estimate of drug-likeness (QED) is 0.840. The van der Waals surface area contributed by atoms with Gasteiger partial charge in [-0.15, -0.1) is 0 Å². The summed E-state index contributed by atoms with van der Waals surface area (Å²) in [6.07, 6.45) is 7.78. The highest BCUT2D eigenvalue weighted by Crippen LogP contribution is 2.18. The van der Waals surface area contributed by atoms with Crippen LogP contribution in [0.4, 0.5) is 0 Å². The molecule has 1 fully saturated rings. The molecular weight excluding hydrogens is 228 g/mol. The van der Waals surface area contributed by atoms with Crippen molar-refractivity contribution in [3.8, 4) is 0 Å². The molecule has 1 amide bonds. The Kier molecular flexibility index (Phi) is 4.36. The number of carbonyl (C=O) groups is 1. The lowest BCUT2D eigenvalue weighted by Gasteiger charge is -2.29. The van der Waals surface area contributed by atoms with Crippen LogP contribution >= 0.6 is 0 Å². The smallest absolute Gasteiger partial charge is 0.271 e. The van der Waals surface area contributed by atoms with Crippen molar-refractivity contribution < 1.29 is 4.79 Å². The monoisotopic (exact) mass is 250 g/mol. The highest BCUT2D eigenvalue weighted by molar-refractivity contribution is 5.92. The molecule has 5 nitrogen and oxygen atoms in total. The minimum absolute atomic E-state index is 0.0532. The first kappa shape index (κ1) is 13.1. The minimum Gasteiger partial charge on any atom is -0.348 e. The van der Waals surface area contributed by atoms with Gasteiger partial charge in [0.2, 0.25) is 0 Å². The zero-order valence-electron chi connectivity index (χ0n) is 11.1. The molecule has 2 N–H and O–H groups in total. The molecule has 5 heteroatoms. The van der Waals surface area contributed by atoms with Crippen LogP contribution in [0.15, 0.2) is 12.5 Å². The van der Waals surface area contributed by atoms with Crippen LogP contribution in [0.2, 0.25) is 0 Å². The van der Waals surface area contributed by atoms with Gasteiger partial charge in [-0.1, -0.05) is 6.92 Å². The largest absolute Gasteiger partial charge is 0.348 e. The Bertz CT molecular complexity index is 393. The predicted octanol–water partition coefficient (Wildman–Crippen LogP) is 1.07. The van der Waals surface area contributed by atoms with E-state index < -0.39 is 0 Å². The van der Waals surface area contributed by atoms with Crippen LogP contribution in [-0.4, -0.2) is 34.1 Å². The molecule has 0 saturated heterocycles. The SMILES string of the molecule is CCNC1CCC(NC(=O)c2cn(C)cn2)CC1. The van der Waals surface area contributed by atoms with Crippen LogP contribution in [0, 0.1) is 0 Å². The highest BCUT2D eigenvalue weighted by Gasteiger charge is 2.22. The van der Waals surface area contributed by atoms with Crippen molar-refractivity contribution in [3.05, 3.63) is 18.2 Å². The Labute approximate surface area is 108 Å². The number of imidazole rings is 1. The number of nitrogens with zero attached hydrogens (tertiary/aromatic N) is 2. The second-order valence-electron chi connectivity index (χ2n) is 5.00. The van der Waals surface area contributed by atoms with Gasteiger partial charge in [-0.05, 0) is 32.2 Å². The lowest BCUT2D eigenvalue weighted by molar-refractivity contribution is 0.0919. The third-order valence-corrected chi connectivity index (χ3v) is 3.49. The first-order valence-corrected chi connectivity index (χ1v) is 6.71. The summed E-state index contributed by atoms with van der Waals surface area (Å²) >= 11 is 0. The molecule has 2 rings (SSSR count). The fourth-order valence-corrected chi connectivity index (χ4v) is 2.52. The second kappa shape index (κ2) is 6.00. The Morgan fingerprint density at radius 3 is 2.61 bits per heavy atom. The van der Waals surface area contributed by atoms with Crippen molar-refractivity contribution >= 4 is 5.91 Å². The first-order valence-electron chi connectivity index (χ1n) is 6.71. The lowest BCUT2D eigenvalue weighted by Crippen LogP contribution is -2.42. The molecular formula is C13H22N4O. The molecule has 0 bridgehead atoms. The number of carbonyl (C=O) groups excluding carboxylic acids is 1. The van der Waals surface area contributed by atoms with Crippen molar-refractivity contribution in [2.24, 2.45) is 7.05 Å². The van der Waals surface area contributed by atoms with Gasteiger partial charge in [-0.3, -0.25) is 4.79 Å². The summed E-state index contributed by atoms with van der Waals surface area (Å²) in [5.41, 5.74) is 0.506. The van der Waals surface area contributed by atoms with E-state index in [4.69, 9.17) is 0 Å². The van der Waals surface area contributed by atoms with Crippen LogP contribution in [0.3, 0.4) is 0 Å². The maximum absolute atomic E-state index is 11.9. The van der Waals surface area contributed by atoms with Crippen LogP contribution in [0.25, 0.3) is 0 Å². The highest BCUT2D eigenvalue weighted by atomic mass is 16.2. The van der Waals surface area contributed by atoms with E-state index in [1.54, 1.807) is 17.1 Å². The number of rotatable bonds is 4. The first-order chi connectivity index (χ1) is 8.69. The average molecular weight is 250 g/mol.